The first-order valence-corrected chi connectivity index (χ1v) is 7.54. The standard InChI is InChI=1S/C17H11F6N3O/c18-16(19,20)11-2-4-13(24-8-11)15(27)25-7-9-1-3-12-10(5-9)6-14(26-12)17(21,22)23/h1-6,8,26H,7H2,(H,25,27). The Morgan fingerprint density at radius 1 is 1.00 bits per heavy atom. The van der Waals surface area contributed by atoms with Gasteiger partial charge < -0.3 is 10.3 Å². The van der Waals surface area contributed by atoms with E-state index in [0.717, 1.165) is 18.2 Å². The third-order valence-electron chi connectivity index (χ3n) is 3.77. The first-order valence-electron chi connectivity index (χ1n) is 7.54. The molecule has 2 heterocycles. The Morgan fingerprint density at radius 3 is 2.33 bits per heavy atom. The molecule has 0 unspecified atom stereocenters. The van der Waals surface area contributed by atoms with E-state index in [-0.39, 0.29) is 12.2 Å². The summed E-state index contributed by atoms with van der Waals surface area (Å²) in [7, 11) is 0. The van der Waals surface area contributed by atoms with Gasteiger partial charge in [-0.15, -0.1) is 0 Å². The van der Waals surface area contributed by atoms with E-state index < -0.39 is 29.5 Å². The van der Waals surface area contributed by atoms with Crippen molar-refractivity contribution in [3.05, 3.63) is 65.1 Å². The molecule has 2 N–H and O–H groups in total. The predicted octanol–water partition coefficient (Wildman–Crippen LogP) is 4.53. The Labute approximate surface area is 148 Å². The van der Waals surface area contributed by atoms with Gasteiger partial charge in [-0.3, -0.25) is 9.78 Å². The van der Waals surface area contributed by atoms with Crippen molar-refractivity contribution in [3.63, 3.8) is 0 Å². The van der Waals surface area contributed by atoms with Gasteiger partial charge in [-0.2, -0.15) is 26.3 Å². The number of hydrogen-bond acceptors (Lipinski definition) is 2. The largest absolute Gasteiger partial charge is 0.431 e. The fourth-order valence-electron chi connectivity index (χ4n) is 2.41. The number of alkyl halides is 6. The minimum absolute atomic E-state index is 0.0238. The molecule has 0 saturated carbocycles. The highest BCUT2D eigenvalue weighted by atomic mass is 19.4. The molecule has 0 fully saturated rings. The molecule has 142 valence electrons. The summed E-state index contributed by atoms with van der Waals surface area (Å²) in [6.45, 7) is -0.0238. The molecular weight excluding hydrogens is 376 g/mol. The summed E-state index contributed by atoms with van der Waals surface area (Å²) in [5, 5.41) is 2.78. The Kier molecular flexibility index (Phi) is 4.58. The molecule has 0 saturated heterocycles. The minimum atomic E-state index is -4.55. The van der Waals surface area contributed by atoms with Gasteiger partial charge in [0.15, 0.2) is 0 Å². The second-order valence-electron chi connectivity index (χ2n) is 5.71. The Balaban J connectivity index is 1.69. The maximum atomic E-state index is 12.7. The van der Waals surface area contributed by atoms with Crippen molar-refractivity contribution >= 4 is 16.8 Å². The zero-order chi connectivity index (χ0) is 19.8. The van der Waals surface area contributed by atoms with E-state index in [9.17, 15) is 31.1 Å². The molecule has 2 aromatic heterocycles. The average Bonchev–Trinajstić information content (AvgIpc) is 3.02. The topological polar surface area (TPSA) is 57.8 Å². The van der Waals surface area contributed by atoms with E-state index in [0.29, 0.717) is 22.7 Å². The fraction of sp³-hybridized carbons (Fsp3) is 0.176. The van der Waals surface area contributed by atoms with Crippen LogP contribution in [0.4, 0.5) is 26.3 Å². The molecule has 1 amide bonds. The summed E-state index contributed by atoms with van der Waals surface area (Å²) in [5.41, 5.74) is -1.24. The lowest BCUT2D eigenvalue weighted by molar-refractivity contribution is -0.140. The first-order chi connectivity index (χ1) is 12.5. The second-order valence-corrected chi connectivity index (χ2v) is 5.71. The van der Waals surface area contributed by atoms with Crippen LogP contribution in [-0.4, -0.2) is 15.9 Å². The van der Waals surface area contributed by atoms with Crippen LogP contribution < -0.4 is 5.32 Å². The van der Waals surface area contributed by atoms with E-state index >= 15 is 0 Å². The number of benzene rings is 1. The van der Waals surface area contributed by atoms with Crippen molar-refractivity contribution in [1.29, 1.82) is 0 Å². The van der Waals surface area contributed by atoms with Gasteiger partial charge in [0.1, 0.15) is 11.4 Å². The summed E-state index contributed by atoms with van der Waals surface area (Å²) in [5.74, 6) is -0.700. The van der Waals surface area contributed by atoms with E-state index in [4.69, 9.17) is 0 Å². The van der Waals surface area contributed by atoms with Crippen molar-refractivity contribution in [2.24, 2.45) is 0 Å². The van der Waals surface area contributed by atoms with Crippen LogP contribution in [0.5, 0.6) is 0 Å². The van der Waals surface area contributed by atoms with E-state index in [1.165, 1.54) is 18.2 Å². The van der Waals surface area contributed by atoms with Crippen molar-refractivity contribution < 1.29 is 31.1 Å². The SMILES string of the molecule is O=C(NCc1ccc2[nH]c(C(F)(F)F)cc2c1)c1ccc(C(F)(F)F)cn1. The number of aromatic amines is 1. The van der Waals surface area contributed by atoms with Gasteiger partial charge in [0.2, 0.25) is 0 Å². The van der Waals surface area contributed by atoms with Crippen LogP contribution in [0.3, 0.4) is 0 Å². The summed E-state index contributed by atoms with van der Waals surface area (Å²) in [6, 6.07) is 7.09. The van der Waals surface area contributed by atoms with Crippen LogP contribution in [0.1, 0.15) is 27.3 Å². The van der Waals surface area contributed by atoms with Gasteiger partial charge in [0.25, 0.3) is 5.91 Å². The number of carbonyl (C=O) groups is 1. The van der Waals surface area contributed by atoms with Gasteiger partial charge in [-0.25, -0.2) is 0 Å². The first kappa shape index (κ1) is 18.7. The molecule has 1 aromatic carbocycles. The Hall–Kier alpha value is -3.04. The van der Waals surface area contributed by atoms with Crippen molar-refractivity contribution in [3.8, 4) is 0 Å². The molecule has 0 atom stereocenters. The maximum Gasteiger partial charge on any atom is 0.431 e. The molecular formula is C17H11F6N3O. The van der Waals surface area contributed by atoms with E-state index in [2.05, 4.69) is 15.3 Å². The van der Waals surface area contributed by atoms with Crippen molar-refractivity contribution in [2.45, 2.75) is 18.9 Å². The summed E-state index contributed by atoms with van der Waals surface area (Å²) in [4.78, 5) is 17.7. The van der Waals surface area contributed by atoms with Crippen LogP contribution in [-0.2, 0) is 18.9 Å². The number of rotatable bonds is 3. The van der Waals surface area contributed by atoms with E-state index in [1.54, 1.807) is 0 Å². The summed E-state index contributed by atoms with van der Waals surface area (Å²) in [6.07, 6.45) is -8.50. The zero-order valence-electron chi connectivity index (χ0n) is 13.4. The molecule has 0 radical (unpaired) electrons. The number of nitrogens with zero attached hydrogens (tertiary/aromatic N) is 1. The second kappa shape index (κ2) is 6.60. The lowest BCUT2D eigenvalue weighted by Crippen LogP contribution is -2.24. The van der Waals surface area contributed by atoms with Gasteiger partial charge in [0.05, 0.1) is 5.56 Å². The van der Waals surface area contributed by atoms with Crippen LogP contribution >= 0.6 is 0 Å². The molecule has 4 nitrogen and oxygen atoms in total. The number of amides is 1. The number of fused-ring (bicyclic) bond motifs is 1. The van der Waals surface area contributed by atoms with Crippen LogP contribution in [0.15, 0.2) is 42.6 Å². The van der Waals surface area contributed by atoms with Gasteiger partial charge in [-0.05, 0) is 35.9 Å². The number of carbonyl (C=O) groups excluding carboxylic acids is 1. The molecule has 3 rings (SSSR count). The number of nitrogens with one attached hydrogen (secondary N) is 2. The quantitative estimate of drug-likeness (QED) is 0.649. The molecule has 3 aromatic rings. The number of hydrogen-bond donors (Lipinski definition) is 2. The predicted molar refractivity (Wildman–Crippen MR) is 83.7 cm³/mol. The normalized spacial score (nSPS) is 12.4. The maximum absolute atomic E-state index is 12.7. The summed E-state index contributed by atoms with van der Waals surface area (Å²) >= 11 is 0. The molecule has 0 bridgehead atoms. The number of aromatic nitrogens is 2. The fourth-order valence-corrected chi connectivity index (χ4v) is 2.41. The molecule has 10 heteroatoms. The number of pyridine rings is 1. The Morgan fingerprint density at radius 2 is 1.74 bits per heavy atom. The van der Waals surface area contributed by atoms with Crippen molar-refractivity contribution in [2.75, 3.05) is 0 Å². The summed E-state index contributed by atoms with van der Waals surface area (Å²) < 4.78 is 75.6. The van der Waals surface area contributed by atoms with Gasteiger partial charge >= 0.3 is 12.4 Å². The highest BCUT2D eigenvalue weighted by Crippen LogP contribution is 2.31. The third-order valence-corrected chi connectivity index (χ3v) is 3.77. The molecule has 0 spiro atoms. The van der Waals surface area contributed by atoms with Crippen molar-refractivity contribution in [1.82, 2.24) is 15.3 Å². The van der Waals surface area contributed by atoms with E-state index in [1.807, 2.05) is 0 Å². The van der Waals surface area contributed by atoms with Crippen LogP contribution in [0.25, 0.3) is 10.9 Å². The molecule has 0 aliphatic heterocycles. The lowest BCUT2D eigenvalue weighted by atomic mass is 10.1. The van der Waals surface area contributed by atoms with Gasteiger partial charge in [0, 0.05) is 23.6 Å². The molecule has 0 aliphatic rings. The highest BCUT2D eigenvalue weighted by Gasteiger charge is 2.32. The Bertz CT molecular complexity index is 973. The number of H-pyrrole nitrogens is 1. The molecule has 27 heavy (non-hydrogen) atoms. The van der Waals surface area contributed by atoms with Gasteiger partial charge in [-0.1, -0.05) is 6.07 Å². The monoisotopic (exact) mass is 387 g/mol. The zero-order valence-corrected chi connectivity index (χ0v) is 13.4. The third kappa shape index (κ3) is 4.21. The van der Waals surface area contributed by atoms with Crippen LogP contribution in [0, 0.1) is 0 Å². The average molecular weight is 387 g/mol. The number of halogens is 6. The highest BCUT2D eigenvalue weighted by molar-refractivity contribution is 5.92. The smallest absolute Gasteiger partial charge is 0.351 e. The molecule has 0 aliphatic carbocycles. The minimum Gasteiger partial charge on any atom is -0.351 e. The van der Waals surface area contributed by atoms with Crippen LogP contribution in [0.2, 0.25) is 0 Å². The lowest BCUT2D eigenvalue weighted by Gasteiger charge is -2.08.